The van der Waals surface area contributed by atoms with E-state index < -0.39 is 30.2 Å². The van der Waals surface area contributed by atoms with Crippen LogP contribution >= 0.6 is 22.6 Å². The topological polar surface area (TPSA) is 175 Å². The number of aliphatic hydroxyl groups excluding tert-OH is 1. The Balaban J connectivity index is 1.42. The normalized spacial score (nSPS) is 14.7. The van der Waals surface area contributed by atoms with E-state index in [2.05, 4.69) is 43.8 Å². The number of nitrogens with one attached hydrogen (secondary N) is 3. The lowest BCUT2D eigenvalue weighted by Gasteiger charge is -2.28. The molecule has 0 saturated heterocycles. The summed E-state index contributed by atoms with van der Waals surface area (Å²) in [5, 5.41) is 20.2. The Bertz CT molecular complexity index is 1750. The summed E-state index contributed by atoms with van der Waals surface area (Å²) in [5.74, 6) is 0.624. The number of halogens is 1. The van der Waals surface area contributed by atoms with E-state index in [9.17, 15) is 19.5 Å². The number of nitrogens with zero attached hydrogens (tertiary/aromatic N) is 1. The van der Waals surface area contributed by atoms with Crippen LogP contribution in [0.3, 0.4) is 0 Å². The highest BCUT2D eigenvalue weighted by Crippen LogP contribution is 2.35. The molecule has 0 unspecified atom stereocenters. The first-order valence-electron chi connectivity index (χ1n) is 15.6. The van der Waals surface area contributed by atoms with Crippen LogP contribution in [0.2, 0.25) is 0 Å². The highest BCUT2D eigenvalue weighted by molar-refractivity contribution is 14.1. The van der Waals surface area contributed by atoms with Gasteiger partial charge in [0.1, 0.15) is 13.2 Å². The van der Waals surface area contributed by atoms with Crippen LogP contribution in [0.5, 0.6) is 23.0 Å². The van der Waals surface area contributed by atoms with Crippen LogP contribution in [0, 0.1) is 3.57 Å². The fourth-order valence-corrected chi connectivity index (χ4v) is 5.53. The van der Waals surface area contributed by atoms with Crippen LogP contribution in [0.25, 0.3) is 0 Å². The van der Waals surface area contributed by atoms with Gasteiger partial charge in [0.2, 0.25) is 0 Å². The number of aliphatic hydroxyl groups is 1. The smallest absolute Gasteiger partial charge is 0.338 e. The van der Waals surface area contributed by atoms with Gasteiger partial charge in [0, 0.05) is 14.8 Å². The van der Waals surface area contributed by atoms with Gasteiger partial charge in [-0.2, -0.15) is 5.10 Å². The van der Waals surface area contributed by atoms with Gasteiger partial charge in [0.05, 0.1) is 50.8 Å². The van der Waals surface area contributed by atoms with Crippen molar-refractivity contribution in [2.75, 3.05) is 34.0 Å². The number of carbonyl (C=O) groups is 3. The number of methoxy groups -OCH3 is 2. The van der Waals surface area contributed by atoms with Crippen molar-refractivity contribution in [3.05, 3.63) is 91.7 Å². The largest absolute Gasteiger partial charge is 0.493 e. The van der Waals surface area contributed by atoms with Gasteiger partial charge < -0.3 is 44.2 Å². The van der Waals surface area contributed by atoms with Crippen molar-refractivity contribution in [3.8, 4) is 23.0 Å². The predicted octanol–water partition coefficient (Wildman–Crippen LogP) is 4.58. The molecule has 0 bridgehead atoms. The summed E-state index contributed by atoms with van der Waals surface area (Å²) in [7, 11) is 2.80. The second-order valence-electron chi connectivity index (χ2n) is 10.6. The van der Waals surface area contributed by atoms with Crippen LogP contribution in [0.15, 0.2) is 71.0 Å². The Morgan fingerprint density at radius 2 is 1.74 bits per heavy atom. The second-order valence-corrected chi connectivity index (χ2v) is 11.9. The lowest BCUT2D eigenvalue weighted by molar-refractivity contribution is -0.136. The van der Waals surface area contributed by atoms with Crippen LogP contribution < -0.4 is 35.0 Å². The number of rotatable bonds is 16. The van der Waals surface area contributed by atoms with Crippen molar-refractivity contribution < 1.29 is 47.9 Å². The fourth-order valence-electron chi connectivity index (χ4n) is 4.91. The molecule has 0 aromatic heterocycles. The summed E-state index contributed by atoms with van der Waals surface area (Å²) in [5.41, 5.74) is 5.70. The van der Waals surface area contributed by atoms with Gasteiger partial charge >= 0.3 is 18.0 Å². The minimum Gasteiger partial charge on any atom is -0.493 e. The molecule has 2 amide bonds. The summed E-state index contributed by atoms with van der Waals surface area (Å²) < 4.78 is 34.1. The van der Waals surface area contributed by atoms with Crippen molar-refractivity contribution >= 4 is 46.8 Å². The Morgan fingerprint density at radius 3 is 2.42 bits per heavy atom. The van der Waals surface area contributed by atoms with Crippen molar-refractivity contribution in [1.82, 2.24) is 16.1 Å². The molecular formula is C35H39IN4O10. The Hall–Kier alpha value is -5.03. The zero-order chi connectivity index (χ0) is 36.2. The second kappa shape index (κ2) is 18.1. The summed E-state index contributed by atoms with van der Waals surface area (Å²) in [6.45, 7) is 5.77. The number of esters is 2. The number of ether oxygens (including phenoxy) is 6. The monoisotopic (exact) mass is 802 g/mol. The van der Waals surface area contributed by atoms with E-state index in [-0.39, 0.29) is 18.8 Å². The maximum atomic E-state index is 12.5. The average Bonchev–Trinajstić information content (AvgIpc) is 3.10. The molecule has 50 heavy (non-hydrogen) atoms. The van der Waals surface area contributed by atoms with Gasteiger partial charge in [-0.25, -0.2) is 14.4 Å². The zero-order valence-electron chi connectivity index (χ0n) is 28.2. The summed E-state index contributed by atoms with van der Waals surface area (Å²) in [4.78, 5) is 36.7. The average molecular weight is 803 g/mol. The molecule has 266 valence electrons. The molecule has 15 heteroatoms. The minimum absolute atomic E-state index is 0.190. The lowest BCUT2D eigenvalue weighted by atomic mass is 9.95. The van der Waals surface area contributed by atoms with Crippen molar-refractivity contribution in [3.63, 3.8) is 0 Å². The zero-order valence-corrected chi connectivity index (χ0v) is 30.4. The molecule has 0 fully saturated rings. The van der Waals surface area contributed by atoms with E-state index in [0.717, 1.165) is 9.13 Å². The maximum Gasteiger partial charge on any atom is 0.338 e. The molecule has 0 spiro atoms. The number of hydrogen-bond acceptors (Lipinski definition) is 12. The van der Waals surface area contributed by atoms with E-state index >= 15 is 0 Å². The van der Waals surface area contributed by atoms with E-state index in [1.165, 1.54) is 20.4 Å². The molecule has 1 heterocycles. The molecule has 3 aromatic carbocycles. The third-order valence-corrected chi connectivity index (χ3v) is 7.84. The number of hydrogen-bond donors (Lipinski definition) is 4. The van der Waals surface area contributed by atoms with Crippen LogP contribution in [0.4, 0.5) is 4.79 Å². The summed E-state index contributed by atoms with van der Waals surface area (Å²) in [6.07, 6.45) is 0.280. The van der Waals surface area contributed by atoms with E-state index in [1.807, 2.05) is 12.1 Å². The summed E-state index contributed by atoms with van der Waals surface area (Å²) in [6, 6.07) is 14.3. The highest BCUT2D eigenvalue weighted by Gasteiger charge is 2.32. The number of benzene rings is 3. The fraction of sp³-hybridized carbons (Fsp3) is 0.314. The SMILES string of the molecule is CCOC(=O)c1ccc(COc2c(/C=N/N[C@H](O)COc3ccc([C@H]4NC(=O)NC(C)=C4C(=O)OC)cc3OCC)cc(I)cc2OC)cc1. The Kier molecular flexibility index (Phi) is 13.7. The number of urea groups is 1. The lowest BCUT2D eigenvalue weighted by Crippen LogP contribution is -2.45. The molecule has 4 rings (SSSR count). The molecule has 0 saturated carbocycles. The molecule has 14 nitrogen and oxygen atoms in total. The summed E-state index contributed by atoms with van der Waals surface area (Å²) >= 11 is 2.15. The molecule has 3 aromatic rings. The quantitative estimate of drug-likeness (QED) is 0.0525. The Morgan fingerprint density at radius 1 is 0.980 bits per heavy atom. The number of allylic oxidation sites excluding steroid dienone is 1. The van der Waals surface area contributed by atoms with Gasteiger partial charge in [-0.15, -0.1) is 0 Å². The first-order valence-corrected chi connectivity index (χ1v) is 16.6. The van der Waals surface area contributed by atoms with Gasteiger partial charge in [-0.1, -0.05) is 18.2 Å². The molecule has 1 aliphatic heterocycles. The molecule has 4 N–H and O–H groups in total. The van der Waals surface area contributed by atoms with E-state index in [4.69, 9.17) is 28.4 Å². The first-order chi connectivity index (χ1) is 24.1. The highest BCUT2D eigenvalue weighted by atomic mass is 127. The van der Waals surface area contributed by atoms with E-state index in [0.29, 0.717) is 58.6 Å². The van der Waals surface area contributed by atoms with Gasteiger partial charge in [0.15, 0.2) is 29.2 Å². The molecule has 2 atom stereocenters. The van der Waals surface area contributed by atoms with E-state index in [1.54, 1.807) is 63.2 Å². The first kappa shape index (κ1) is 37.8. The van der Waals surface area contributed by atoms with Crippen molar-refractivity contribution in [2.24, 2.45) is 5.10 Å². The van der Waals surface area contributed by atoms with Crippen molar-refractivity contribution in [2.45, 2.75) is 39.6 Å². The third-order valence-electron chi connectivity index (χ3n) is 7.22. The molecule has 1 aliphatic rings. The van der Waals surface area contributed by atoms with Crippen LogP contribution in [-0.4, -0.2) is 69.6 Å². The predicted molar refractivity (Wildman–Crippen MR) is 191 cm³/mol. The number of carbonyl (C=O) groups excluding carboxylic acids is 3. The standard InChI is InChI=1S/C35H39IN4O10/c1-6-47-27-15-23(31-30(34(43)46-5)20(3)38-35(44)39-31)12-13-26(27)49-19-29(41)40-37-17-24-14-25(36)16-28(45-4)32(24)50-18-21-8-10-22(11-9-21)33(42)48-7-2/h8-17,29,31,40-41H,6-7,18-19H2,1-5H3,(H2,38,39,44)/b37-17+/t29-,31-/m1/s1. The van der Waals surface area contributed by atoms with Gasteiger partial charge in [-0.3, -0.25) is 5.43 Å². The molecule has 0 radical (unpaired) electrons. The molecular weight excluding hydrogens is 763 g/mol. The minimum atomic E-state index is -1.22. The van der Waals surface area contributed by atoms with Gasteiger partial charge in [-0.05, 0) is 90.9 Å². The van der Waals surface area contributed by atoms with Crippen LogP contribution in [-0.2, 0) is 20.9 Å². The van der Waals surface area contributed by atoms with Crippen molar-refractivity contribution in [1.29, 1.82) is 0 Å². The van der Waals surface area contributed by atoms with Gasteiger partial charge in [0.25, 0.3) is 0 Å². The number of amides is 2. The third kappa shape index (κ3) is 9.78. The Labute approximate surface area is 303 Å². The van der Waals surface area contributed by atoms with Crippen LogP contribution in [0.1, 0.15) is 53.9 Å². The maximum absolute atomic E-state index is 12.5. The molecule has 0 aliphatic carbocycles. The number of hydrazone groups is 1.